The first-order chi connectivity index (χ1) is 8.85. The molecule has 0 spiro atoms. The van der Waals surface area contributed by atoms with E-state index in [9.17, 15) is 5.11 Å². The maximum absolute atomic E-state index is 9.24. The standard InChI is InChI=1S/C13H17N3OS/c1-2-14-10(7-17)8-18-13-11-5-3-4-6-12(11)15-9-16-13/h3-6,9-10,14,17H,2,7-8H2,1H3. The molecule has 1 aromatic heterocycles. The summed E-state index contributed by atoms with van der Waals surface area (Å²) in [6, 6.07) is 8.07. The largest absolute Gasteiger partial charge is 0.395 e. The second kappa shape index (κ2) is 6.68. The van der Waals surface area contributed by atoms with Crippen LogP contribution >= 0.6 is 11.8 Å². The van der Waals surface area contributed by atoms with E-state index in [-0.39, 0.29) is 12.6 Å². The molecule has 4 nitrogen and oxygen atoms in total. The lowest BCUT2D eigenvalue weighted by Gasteiger charge is -2.14. The summed E-state index contributed by atoms with van der Waals surface area (Å²) in [6.45, 7) is 3.04. The molecule has 0 radical (unpaired) electrons. The minimum atomic E-state index is 0.105. The number of likely N-dealkylation sites (N-methyl/N-ethyl adjacent to an activating group) is 1. The lowest BCUT2D eigenvalue weighted by Crippen LogP contribution is -2.34. The van der Waals surface area contributed by atoms with Crippen LogP contribution in [0.25, 0.3) is 10.9 Å². The molecule has 0 aliphatic heterocycles. The van der Waals surface area contributed by atoms with Crippen LogP contribution in [0.15, 0.2) is 35.6 Å². The Kier molecular flexibility index (Phi) is 4.92. The number of fused-ring (bicyclic) bond motifs is 1. The van der Waals surface area contributed by atoms with Gasteiger partial charge in [0.1, 0.15) is 11.4 Å². The van der Waals surface area contributed by atoms with Crippen LogP contribution in [0.2, 0.25) is 0 Å². The Hall–Kier alpha value is -1.17. The van der Waals surface area contributed by atoms with E-state index in [4.69, 9.17) is 0 Å². The molecule has 0 aliphatic rings. The summed E-state index contributed by atoms with van der Waals surface area (Å²) in [7, 11) is 0. The molecule has 0 amide bonds. The molecule has 0 fully saturated rings. The molecule has 18 heavy (non-hydrogen) atoms. The van der Waals surface area contributed by atoms with Gasteiger partial charge in [-0.3, -0.25) is 0 Å². The van der Waals surface area contributed by atoms with Crippen LogP contribution in [-0.4, -0.2) is 40.0 Å². The van der Waals surface area contributed by atoms with Crippen molar-refractivity contribution in [3.05, 3.63) is 30.6 Å². The molecule has 2 aromatic rings. The monoisotopic (exact) mass is 263 g/mol. The lowest BCUT2D eigenvalue weighted by molar-refractivity contribution is 0.255. The van der Waals surface area contributed by atoms with Gasteiger partial charge in [-0.05, 0) is 12.6 Å². The number of rotatable bonds is 6. The number of nitrogens with one attached hydrogen (secondary N) is 1. The lowest BCUT2D eigenvalue weighted by atomic mass is 10.2. The van der Waals surface area contributed by atoms with Crippen LogP contribution in [0.5, 0.6) is 0 Å². The van der Waals surface area contributed by atoms with Crippen LogP contribution in [0, 0.1) is 0 Å². The summed E-state index contributed by atoms with van der Waals surface area (Å²) in [6.07, 6.45) is 1.59. The summed E-state index contributed by atoms with van der Waals surface area (Å²) in [4.78, 5) is 8.55. The molecular formula is C13H17N3OS. The smallest absolute Gasteiger partial charge is 0.117 e. The van der Waals surface area contributed by atoms with Crippen LogP contribution in [-0.2, 0) is 0 Å². The molecule has 1 heterocycles. The predicted octanol–water partition coefficient (Wildman–Crippen LogP) is 1.69. The molecular weight excluding hydrogens is 246 g/mol. The van der Waals surface area contributed by atoms with Gasteiger partial charge < -0.3 is 10.4 Å². The quantitative estimate of drug-likeness (QED) is 0.613. The van der Waals surface area contributed by atoms with Crippen molar-refractivity contribution in [2.45, 2.75) is 18.0 Å². The zero-order chi connectivity index (χ0) is 12.8. The van der Waals surface area contributed by atoms with Gasteiger partial charge in [-0.25, -0.2) is 9.97 Å². The number of aliphatic hydroxyl groups is 1. The fourth-order valence-corrected chi connectivity index (χ4v) is 2.77. The number of hydrogen-bond donors (Lipinski definition) is 2. The molecule has 2 rings (SSSR count). The molecule has 1 aromatic carbocycles. The molecule has 0 saturated heterocycles. The highest BCUT2D eigenvalue weighted by Gasteiger charge is 2.09. The van der Waals surface area contributed by atoms with Crippen molar-refractivity contribution in [3.63, 3.8) is 0 Å². The van der Waals surface area contributed by atoms with Crippen molar-refractivity contribution in [3.8, 4) is 0 Å². The molecule has 5 heteroatoms. The minimum absolute atomic E-state index is 0.105. The Bertz CT molecular complexity index is 501. The van der Waals surface area contributed by atoms with Crippen LogP contribution in [0.4, 0.5) is 0 Å². The summed E-state index contributed by atoms with van der Waals surface area (Å²) < 4.78 is 0. The van der Waals surface area contributed by atoms with Gasteiger partial charge in [-0.2, -0.15) is 0 Å². The highest BCUT2D eigenvalue weighted by atomic mass is 32.2. The topological polar surface area (TPSA) is 58.0 Å². The molecule has 0 bridgehead atoms. The van der Waals surface area contributed by atoms with Crippen LogP contribution in [0.3, 0.4) is 0 Å². The number of aromatic nitrogens is 2. The molecule has 2 N–H and O–H groups in total. The van der Waals surface area contributed by atoms with Gasteiger partial charge >= 0.3 is 0 Å². The normalized spacial score (nSPS) is 12.8. The van der Waals surface area contributed by atoms with Gasteiger partial charge in [-0.1, -0.05) is 25.1 Å². The third kappa shape index (κ3) is 3.19. The number of nitrogens with zero attached hydrogens (tertiary/aromatic N) is 2. The van der Waals surface area contributed by atoms with E-state index in [0.717, 1.165) is 28.2 Å². The summed E-state index contributed by atoms with van der Waals surface area (Å²) in [5, 5.41) is 14.5. The Morgan fingerprint density at radius 1 is 1.33 bits per heavy atom. The third-order valence-corrected chi connectivity index (χ3v) is 3.81. The molecule has 1 unspecified atom stereocenters. The third-order valence-electron chi connectivity index (χ3n) is 2.64. The summed E-state index contributed by atoms with van der Waals surface area (Å²) in [5.74, 6) is 0.797. The van der Waals surface area contributed by atoms with E-state index in [0.29, 0.717) is 0 Å². The first-order valence-corrected chi connectivity index (χ1v) is 7.00. The maximum Gasteiger partial charge on any atom is 0.117 e. The fraction of sp³-hybridized carbons (Fsp3) is 0.385. The highest BCUT2D eigenvalue weighted by molar-refractivity contribution is 7.99. The maximum atomic E-state index is 9.24. The van der Waals surface area contributed by atoms with Crippen molar-refractivity contribution in [1.82, 2.24) is 15.3 Å². The fourth-order valence-electron chi connectivity index (χ4n) is 1.74. The number of thioether (sulfide) groups is 1. The van der Waals surface area contributed by atoms with E-state index < -0.39 is 0 Å². The number of aliphatic hydroxyl groups excluding tert-OH is 1. The van der Waals surface area contributed by atoms with Crippen molar-refractivity contribution < 1.29 is 5.11 Å². The number of hydrogen-bond acceptors (Lipinski definition) is 5. The van der Waals surface area contributed by atoms with Gasteiger partial charge in [0.25, 0.3) is 0 Å². The molecule has 0 aliphatic carbocycles. The van der Waals surface area contributed by atoms with E-state index in [2.05, 4.69) is 15.3 Å². The summed E-state index contributed by atoms with van der Waals surface area (Å²) in [5.41, 5.74) is 0.957. The van der Waals surface area contributed by atoms with Gasteiger partial charge in [0.2, 0.25) is 0 Å². The average Bonchev–Trinajstić information content (AvgIpc) is 2.43. The van der Waals surface area contributed by atoms with E-state index >= 15 is 0 Å². The predicted molar refractivity (Wildman–Crippen MR) is 74.8 cm³/mol. The zero-order valence-corrected chi connectivity index (χ0v) is 11.2. The molecule has 96 valence electrons. The van der Waals surface area contributed by atoms with Crippen molar-refractivity contribution in [2.75, 3.05) is 18.9 Å². The Morgan fingerprint density at radius 2 is 2.17 bits per heavy atom. The Balaban J connectivity index is 2.11. The molecule has 1 atom stereocenters. The van der Waals surface area contributed by atoms with Crippen LogP contribution < -0.4 is 5.32 Å². The van der Waals surface area contributed by atoms with Gasteiger partial charge in [-0.15, -0.1) is 11.8 Å². The first-order valence-electron chi connectivity index (χ1n) is 6.02. The van der Waals surface area contributed by atoms with Gasteiger partial charge in [0, 0.05) is 17.2 Å². The second-order valence-electron chi connectivity index (χ2n) is 3.94. The Labute approximate surface area is 111 Å². The summed E-state index contributed by atoms with van der Waals surface area (Å²) >= 11 is 1.65. The van der Waals surface area contributed by atoms with Gasteiger partial charge in [0.05, 0.1) is 12.1 Å². The van der Waals surface area contributed by atoms with E-state index in [1.54, 1.807) is 18.1 Å². The molecule has 0 saturated carbocycles. The van der Waals surface area contributed by atoms with Crippen molar-refractivity contribution >= 4 is 22.7 Å². The first kappa shape index (κ1) is 13.3. The zero-order valence-electron chi connectivity index (χ0n) is 10.3. The SMILES string of the molecule is CCNC(CO)CSc1ncnc2ccccc12. The average molecular weight is 263 g/mol. The second-order valence-corrected chi connectivity index (χ2v) is 4.95. The minimum Gasteiger partial charge on any atom is -0.395 e. The van der Waals surface area contributed by atoms with Crippen molar-refractivity contribution in [1.29, 1.82) is 0 Å². The number of benzene rings is 1. The van der Waals surface area contributed by atoms with E-state index in [1.165, 1.54) is 0 Å². The number of para-hydroxylation sites is 1. The Morgan fingerprint density at radius 3 is 2.94 bits per heavy atom. The van der Waals surface area contributed by atoms with Crippen molar-refractivity contribution in [2.24, 2.45) is 0 Å². The van der Waals surface area contributed by atoms with Crippen LogP contribution in [0.1, 0.15) is 6.92 Å². The highest BCUT2D eigenvalue weighted by Crippen LogP contribution is 2.24. The van der Waals surface area contributed by atoms with E-state index in [1.807, 2.05) is 31.2 Å². The van der Waals surface area contributed by atoms with Gasteiger partial charge in [0.15, 0.2) is 0 Å².